The van der Waals surface area contributed by atoms with E-state index < -0.39 is 10.5 Å². The highest BCUT2D eigenvalue weighted by molar-refractivity contribution is 8.82. The van der Waals surface area contributed by atoms with Gasteiger partial charge < -0.3 is 9.64 Å². The molecule has 0 bridgehead atoms. The van der Waals surface area contributed by atoms with Gasteiger partial charge in [0, 0.05) is 20.5 Å². The first-order valence-electron chi connectivity index (χ1n) is 12.5. The molecule has 3 aliphatic rings. The van der Waals surface area contributed by atoms with Crippen molar-refractivity contribution in [1.29, 1.82) is 0 Å². The van der Waals surface area contributed by atoms with Crippen molar-refractivity contribution in [2.45, 2.75) is 82.2 Å². The van der Waals surface area contributed by atoms with Gasteiger partial charge in [-0.1, -0.05) is 19.1 Å². The first-order valence-corrected chi connectivity index (χ1v) is 15.1. The van der Waals surface area contributed by atoms with Crippen molar-refractivity contribution in [2.75, 3.05) is 14.1 Å². The van der Waals surface area contributed by atoms with Crippen molar-refractivity contribution >= 4 is 44.7 Å². The molecule has 2 aliphatic heterocycles. The van der Waals surface area contributed by atoms with E-state index in [9.17, 15) is 4.79 Å². The van der Waals surface area contributed by atoms with Gasteiger partial charge in [-0.3, -0.25) is 22.7 Å². The molecule has 5 rings (SSSR count). The van der Waals surface area contributed by atoms with Crippen LogP contribution in [0.4, 0.5) is 5.95 Å². The van der Waals surface area contributed by atoms with Crippen molar-refractivity contribution in [3.63, 3.8) is 0 Å². The number of ether oxygens (including phenoxy) is 1. The zero-order valence-corrected chi connectivity index (χ0v) is 23.2. The second-order valence-electron chi connectivity index (χ2n) is 10.4. The van der Waals surface area contributed by atoms with Gasteiger partial charge in [-0.25, -0.2) is 9.98 Å². The molecule has 0 spiro atoms. The molecular formula is C24H36N6O4S2. The molecule has 7 atom stereocenters. The number of nitrogens with one attached hydrogen (secondary N) is 1. The molecule has 0 aromatic carbocycles. The van der Waals surface area contributed by atoms with Crippen LogP contribution in [-0.4, -0.2) is 67.9 Å². The maximum Gasteiger partial charge on any atom is 0.280 e. The van der Waals surface area contributed by atoms with Gasteiger partial charge >= 0.3 is 0 Å². The van der Waals surface area contributed by atoms with Gasteiger partial charge in [0.2, 0.25) is 5.95 Å². The fraction of sp³-hybridized carbons (Fsp3) is 0.667. The summed E-state index contributed by atoms with van der Waals surface area (Å²) in [5.74, 6) is 0.752. The molecule has 10 nitrogen and oxygen atoms in total. The summed E-state index contributed by atoms with van der Waals surface area (Å²) in [7, 11) is 4.49. The molecular weight excluding hydrogens is 500 g/mol. The quantitative estimate of drug-likeness (QED) is 0.176. The highest BCUT2D eigenvalue weighted by Gasteiger charge is 2.50. The van der Waals surface area contributed by atoms with Crippen LogP contribution in [0.1, 0.15) is 59.1 Å². The molecule has 1 N–H and O–H groups in total. The number of nitrogens with zero attached hydrogens (tertiary/aromatic N) is 5. The summed E-state index contributed by atoms with van der Waals surface area (Å²) in [5.41, 5.74) is 1.64. The SMILES string of the molecule is C=C(C)[C@@H]1CC[C@]2(C)S[SH](O[C@H]3C[C@H](n4cnc5c(=O)[nH]c(/N=C\N(C)C)nc54)O[C@@H]3CC)O[C@H]2C1. The third-order valence-corrected chi connectivity index (χ3v) is 11.4. The minimum absolute atomic E-state index is 0.0778. The lowest BCUT2D eigenvalue weighted by molar-refractivity contribution is -0.0137. The van der Waals surface area contributed by atoms with E-state index in [2.05, 4.69) is 47.3 Å². The molecule has 1 saturated carbocycles. The van der Waals surface area contributed by atoms with Gasteiger partial charge in [-0.05, 0) is 56.2 Å². The van der Waals surface area contributed by atoms with Crippen LogP contribution in [0.25, 0.3) is 11.2 Å². The Morgan fingerprint density at radius 1 is 1.50 bits per heavy atom. The zero-order valence-electron chi connectivity index (χ0n) is 21.5. The summed E-state index contributed by atoms with van der Waals surface area (Å²) in [4.78, 5) is 30.1. The topological polar surface area (TPSA) is 107 Å². The third-order valence-electron chi connectivity index (χ3n) is 7.31. The Bertz CT molecular complexity index is 1210. The molecule has 2 aromatic heterocycles. The largest absolute Gasteiger partial charge is 0.369 e. The lowest BCUT2D eigenvalue weighted by Crippen LogP contribution is -2.39. The van der Waals surface area contributed by atoms with Crippen molar-refractivity contribution < 1.29 is 13.1 Å². The number of aromatic nitrogens is 4. The maximum absolute atomic E-state index is 12.6. The van der Waals surface area contributed by atoms with E-state index in [1.807, 2.05) is 29.5 Å². The van der Waals surface area contributed by atoms with Crippen molar-refractivity contribution in [1.82, 2.24) is 24.4 Å². The third kappa shape index (κ3) is 4.98. The Morgan fingerprint density at radius 3 is 3.03 bits per heavy atom. The summed E-state index contributed by atoms with van der Waals surface area (Å²) < 4.78 is 21.4. The van der Waals surface area contributed by atoms with Gasteiger partial charge in [-0.2, -0.15) is 15.5 Å². The first-order chi connectivity index (χ1) is 17.2. The Balaban J connectivity index is 1.32. The van der Waals surface area contributed by atoms with Crippen LogP contribution in [0.3, 0.4) is 0 Å². The number of rotatable bonds is 7. The summed E-state index contributed by atoms with van der Waals surface area (Å²) >= 11 is 0. The van der Waals surface area contributed by atoms with Crippen LogP contribution in [0.5, 0.6) is 0 Å². The summed E-state index contributed by atoms with van der Waals surface area (Å²) in [6.45, 7) is 10.7. The van der Waals surface area contributed by atoms with Crippen LogP contribution >= 0.6 is 21.3 Å². The Kier molecular flexibility index (Phi) is 7.25. The van der Waals surface area contributed by atoms with E-state index >= 15 is 0 Å². The minimum atomic E-state index is -1.07. The van der Waals surface area contributed by atoms with Crippen LogP contribution < -0.4 is 5.56 Å². The molecule has 3 fully saturated rings. The van der Waals surface area contributed by atoms with E-state index in [0.29, 0.717) is 18.0 Å². The second kappa shape index (κ2) is 10.1. The molecule has 2 aromatic rings. The van der Waals surface area contributed by atoms with Gasteiger partial charge in [-0.15, -0.1) is 0 Å². The number of hydrogen-bond donors (Lipinski definition) is 2. The van der Waals surface area contributed by atoms with E-state index in [-0.39, 0.29) is 46.3 Å². The van der Waals surface area contributed by atoms with Crippen LogP contribution in [-0.2, 0) is 13.1 Å². The number of imidazole rings is 1. The van der Waals surface area contributed by atoms with E-state index in [1.165, 1.54) is 5.57 Å². The number of H-pyrrole nitrogens is 1. The van der Waals surface area contributed by atoms with Crippen molar-refractivity contribution in [2.24, 2.45) is 10.9 Å². The Labute approximate surface area is 218 Å². The molecule has 1 aliphatic carbocycles. The number of aromatic amines is 1. The predicted octanol–water partition coefficient (Wildman–Crippen LogP) is 4.44. The number of allylic oxidation sites excluding steroid dienone is 1. The van der Waals surface area contributed by atoms with Crippen LogP contribution in [0, 0.1) is 5.92 Å². The van der Waals surface area contributed by atoms with E-state index in [4.69, 9.17) is 13.1 Å². The predicted molar refractivity (Wildman–Crippen MR) is 146 cm³/mol. The molecule has 4 heterocycles. The minimum Gasteiger partial charge on any atom is -0.369 e. The summed E-state index contributed by atoms with van der Waals surface area (Å²) in [6.07, 6.45) is 7.61. The first kappa shape index (κ1) is 25.8. The number of hydrogen-bond acceptors (Lipinski definition) is 8. The van der Waals surface area contributed by atoms with E-state index in [0.717, 1.165) is 25.7 Å². The standard InChI is InChI=1S/C24H36N6O4S2/c1-7-16-17(33-36-34-18-10-15(14(2)3)8-9-24(18,4)35-36)11-19(32-16)30-13-25-20-21(30)27-23(28-22(20)31)26-12-29(5)6/h12-13,15-19,36H,2,7-11H2,1,3-6H3,(H,27,28,31)/b26-12-/t15-,16-,17+,18+,19-,24+/m1/s1. The average molecular weight is 537 g/mol. The molecule has 36 heavy (non-hydrogen) atoms. The number of fused-ring (bicyclic) bond motifs is 2. The van der Waals surface area contributed by atoms with Gasteiger partial charge in [0.25, 0.3) is 5.56 Å². The normalized spacial score (nSPS) is 35.5. The summed E-state index contributed by atoms with van der Waals surface area (Å²) in [5, 5.41) is 0. The molecule has 198 valence electrons. The summed E-state index contributed by atoms with van der Waals surface area (Å²) in [6, 6.07) is 0. The van der Waals surface area contributed by atoms with Crippen molar-refractivity contribution in [3.8, 4) is 0 Å². The Morgan fingerprint density at radius 2 is 2.31 bits per heavy atom. The van der Waals surface area contributed by atoms with Gasteiger partial charge in [0.15, 0.2) is 11.2 Å². The van der Waals surface area contributed by atoms with Crippen LogP contribution in [0.15, 0.2) is 28.3 Å². The fourth-order valence-corrected chi connectivity index (χ4v) is 9.65. The van der Waals surface area contributed by atoms with E-state index in [1.54, 1.807) is 17.6 Å². The zero-order chi connectivity index (χ0) is 25.6. The van der Waals surface area contributed by atoms with Gasteiger partial charge in [0.05, 0.1) is 29.6 Å². The molecule has 2 saturated heterocycles. The molecule has 12 heteroatoms. The maximum atomic E-state index is 12.6. The fourth-order valence-electron chi connectivity index (χ4n) is 5.11. The highest BCUT2D eigenvalue weighted by Crippen LogP contribution is 2.65. The second-order valence-corrected chi connectivity index (χ2v) is 13.8. The molecule has 1 unspecified atom stereocenters. The monoisotopic (exact) mass is 536 g/mol. The Hall–Kier alpha value is -1.86. The van der Waals surface area contributed by atoms with Gasteiger partial charge in [0.1, 0.15) is 12.3 Å². The lowest BCUT2D eigenvalue weighted by atomic mass is 9.77. The lowest BCUT2D eigenvalue weighted by Gasteiger charge is -2.36. The van der Waals surface area contributed by atoms with Crippen LogP contribution in [0.2, 0.25) is 0 Å². The number of thiol groups is 1. The molecule has 0 amide bonds. The average Bonchev–Trinajstić information content (AvgIpc) is 3.51. The smallest absolute Gasteiger partial charge is 0.280 e. The highest BCUT2D eigenvalue weighted by atomic mass is 33.2. The number of aliphatic imine (C=N–C) groups is 1. The van der Waals surface area contributed by atoms with Crippen molar-refractivity contribution in [3.05, 3.63) is 28.8 Å². The molecule has 0 radical (unpaired) electrons.